The van der Waals surface area contributed by atoms with Crippen LogP contribution in [0.1, 0.15) is 31.4 Å². The molecular formula is C20H26N2O2. The Morgan fingerprint density at radius 3 is 2.67 bits per heavy atom. The van der Waals surface area contributed by atoms with E-state index < -0.39 is 0 Å². The minimum Gasteiger partial charge on any atom is -0.396 e. The molecule has 0 saturated carbocycles. The molecule has 24 heavy (non-hydrogen) atoms. The first-order valence-electron chi connectivity index (χ1n) is 8.77. The Morgan fingerprint density at radius 2 is 1.92 bits per heavy atom. The number of fused-ring (bicyclic) bond motifs is 1. The highest BCUT2D eigenvalue weighted by molar-refractivity contribution is 5.87. The number of aliphatic hydroxyl groups is 1. The summed E-state index contributed by atoms with van der Waals surface area (Å²) in [6.07, 6.45) is 1.95. The van der Waals surface area contributed by atoms with Crippen LogP contribution in [0, 0.1) is 5.92 Å². The van der Waals surface area contributed by atoms with Crippen molar-refractivity contribution in [2.75, 3.05) is 26.2 Å². The Bertz CT molecular complexity index is 688. The van der Waals surface area contributed by atoms with Gasteiger partial charge in [0.05, 0.1) is 12.6 Å². The van der Waals surface area contributed by atoms with Crippen molar-refractivity contribution in [1.29, 1.82) is 0 Å². The van der Waals surface area contributed by atoms with Crippen LogP contribution < -0.4 is 5.32 Å². The van der Waals surface area contributed by atoms with Gasteiger partial charge in [0.25, 0.3) is 0 Å². The minimum atomic E-state index is -0.0152. The van der Waals surface area contributed by atoms with Crippen molar-refractivity contribution in [2.45, 2.75) is 25.8 Å². The summed E-state index contributed by atoms with van der Waals surface area (Å²) in [4.78, 5) is 14.6. The zero-order chi connectivity index (χ0) is 16.9. The van der Waals surface area contributed by atoms with Crippen LogP contribution in [0.2, 0.25) is 0 Å². The second-order valence-corrected chi connectivity index (χ2v) is 6.76. The van der Waals surface area contributed by atoms with E-state index >= 15 is 0 Å². The van der Waals surface area contributed by atoms with Gasteiger partial charge in [-0.15, -0.1) is 0 Å². The summed E-state index contributed by atoms with van der Waals surface area (Å²) in [5.74, 6) is 0.469. The summed E-state index contributed by atoms with van der Waals surface area (Å²) in [5.41, 5.74) is 1.15. The van der Waals surface area contributed by atoms with Crippen LogP contribution in [-0.2, 0) is 4.79 Å². The third kappa shape index (κ3) is 3.94. The maximum absolute atomic E-state index is 12.4. The summed E-state index contributed by atoms with van der Waals surface area (Å²) in [5, 5.41) is 14.7. The lowest BCUT2D eigenvalue weighted by atomic mass is 9.98. The van der Waals surface area contributed by atoms with Crippen LogP contribution in [0.15, 0.2) is 42.5 Å². The van der Waals surface area contributed by atoms with Crippen molar-refractivity contribution < 1.29 is 9.90 Å². The molecule has 1 fully saturated rings. The van der Waals surface area contributed by atoms with Gasteiger partial charge >= 0.3 is 0 Å². The smallest absolute Gasteiger partial charge is 0.234 e. The predicted molar refractivity (Wildman–Crippen MR) is 96.8 cm³/mol. The van der Waals surface area contributed by atoms with Gasteiger partial charge in [0.15, 0.2) is 0 Å². The predicted octanol–water partition coefficient (Wildman–Crippen LogP) is 2.72. The maximum Gasteiger partial charge on any atom is 0.234 e. The van der Waals surface area contributed by atoms with E-state index in [1.807, 2.05) is 25.1 Å². The number of carbonyl (C=O) groups is 1. The lowest BCUT2D eigenvalue weighted by molar-refractivity contribution is -0.123. The van der Waals surface area contributed by atoms with Crippen LogP contribution >= 0.6 is 0 Å². The third-order valence-electron chi connectivity index (χ3n) is 5.00. The van der Waals surface area contributed by atoms with Gasteiger partial charge in [-0.05, 0) is 55.1 Å². The zero-order valence-electron chi connectivity index (χ0n) is 14.2. The molecule has 0 bridgehead atoms. The number of amides is 1. The number of carbonyl (C=O) groups excluding carboxylic acids is 1. The molecule has 3 rings (SSSR count). The van der Waals surface area contributed by atoms with E-state index in [0.717, 1.165) is 31.5 Å². The standard InChI is InChI=1S/C20H26N2O2/c1-15(18-8-4-6-17-5-2-3-7-19(17)18)21-20(24)13-22-11-9-16(14-23)10-12-22/h2-8,15-16,23H,9-14H2,1H3,(H,21,24). The molecule has 2 aromatic carbocycles. The topological polar surface area (TPSA) is 52.6 Å². The average Bonchev–Trinajstić information content (AvgIpc) is 2.61. The highest BCUT2D eigenvalue weighted by Crippen LogP contribution is 2.24. The Hall–Kier alpha value is -1.91. The van der Waals surface area contributed by atoms with Gasteiger partial charge in [-0.2, -0.15) is 0 Å². The number of hydrogen-bond acceptors (Lipinski definition) is 3. The summed E-state index contributed by atoms with van der Waals surface area (Å²) >= 11 is 0. The van der Waals surface area contributed by atoms with Gasteiger partial charge in [0.1, 0.15) is 0 Å². The van der Waals surface area contributed by atoms with Gasteiger partial charge in [-0.1, -0.05) is 42.5 Å². The fourth-order valence-corrected chi connectivity index (χ4v) is 3.52. The first kappa shape index (κ1) is 16.9. The molecule has 0 radical (unpaired) electrons. The molecule has 0 aliphatic carbocycles. The molecule has 0 aromatic heterocycles. The summed E-state index contributed by atoms with van der Waals surface area (Å²) in [6, 6.07) is 14.5. The van der Waals surface area contributed by atoms with Gasteiger partial charge in [0.2, 0.25) is 5.91 Å². The molecule has 1 amide bonds. The fourth-order valence-electron chi connectivity index (χ4n) is 3.52. The fraction of sp³-hybridized carbons (Fsp3) is 0.450. The number of benzene rings is 2. The number of rotatable bonds is 5. The molecule has 0 spiro atoms. The van der Waals surface area contributed by atoms with Gasteiger partial charge in [-0.3, -0.25) is 9.69 Å². The molecule has 1 aliphatic rings. The Kier molecular flexibility index (Phi) is 5.48. The van der Waals surface area contributed by atoms with E-state index in [-0.39, 0.29) is 18.6 Å². The van der Waals surface area contributed by atoms with Gasteiger partial charge in [-0.25, -0.2) is 0 Å². The maximum atomic E-state index is 12.4. The largest absolute Gasteiger partial charge is 0.396 e. The molecule has 1 unspecified atom stereocenters. The molecule has 1 atom stereocenters. The second kappa shape index (κ2) is 7.77. The van der Waals surface area contributed by atoms with Crippen LogP contribution in [0.25, 0.3) is 10.8 Å². The van der Waals surface area contributed by atoms with Crippen molar-refractivity contribution in [3.05, 3.63) is 48.0 Å². The monoisotopic (exact) mass is 326 g/mol. The molecule has 1 heterocycles. The van der Waals surface area contributed by atoms with Crippen molar-refractivity contribution >= 4 is 16.7 Å². The first-order chi connectivity index (χ1) is 11.7. The minimum absolute atomic E-state index is 0.0152. The van der Waals surface area contributed by atoms with Crippen LogP contribution in [0.4, 0.5) is 0 Å². The third-order valence-corrected chi connectivity index (χ3v) is 5.00. The van der Waals surface area contributed by atoms with Crippen molar-refractivity contribution in [1.82, 2.24) is 10.2 Å². The van der Waals surface area contributed by atoms with Crippen molar-refractivity contribution in [2.24, 2.45) is 5.92 Å². The molecule has 4 nitrogen and oxygen atoms in total. The summed E-state index contributed by atoms with van der Waals surface area (Å²) in [7, 11) is 0. The molecule has 4 heteroatoms. The van der Waals surface area contributed by atoms with Crippen molar-refractivity contribution in [3.8, 4) is 0 Å². The summed E-state index contributed by atoms with van der Waals surface area (Å²) in [6.45, 7) is 4.52. The number of likely N-dealkylation sites (tertiary alicyclic amines) is 1. The normalized spacial score (nSPS) is 17.8. The number of aliphatic hydroxyl groups excluding tert-OH is 1. The molecule has 128 valence electrons. The van der Waals surface area contributed by atoms with Gasteiger partial charge in [0, 0.05) is 6.61 Å². The lowest BCUT2D eigenvalue weighted by Crippen LogP contribution is -2.42. The highest BCUT2D eigenvalue weighted by Gasteiger charge is 2.21. The SMILES string of the molecule is CC(NC(=O)CN1CCC(CO)CC1)c1cccc2ccccc12. The second-order valence-electron chi connectivity index (χ2n) is 6.76. The van der Waals surface area contributed by atoms with E-state index in [2.05, 4.69) is 34.5 Å². The molecular weight excluding hydrogens is 300 g/mol. The van der Waals surface area contributed by atoms with E-state index in [0.29, 0.717) is 12.5 Å². The Labute approximate surface area is 143 Å². The summed E-state index contributed by atoms with van der Waals surface area (Å²) < 4.78 is 0. The molecule has 1 saturated heterocycles. The highest BCUT2D eigenvalue weighted by atomic mass is 16.3. The van der Waals surface area contributed by atoms with E-state index in [9.17, 15) is 9.90 Å². The number of nitrogens with zero attached hydrogens (tertiary/aromatic N) is 1. The van der Waals surface area contributed by atoms with Crippen molar-refractivity contribution in [3.63, 3.8) is 0 Å². The van der Waals surface area contributed by atoms with Gasteiger partial charge < -0.3 is 10.4 Å². The average molecular weight is 326 g/mol. The van der Waals surface area contributed by atoms with E-state index in [4.69, 9.17) is 0 Å². The Morgan fingerprint density at radius 1 is 1.21 bits per heavy atom. The van der Waals surface area contributed by atoms with E-state index in [1.165, 1.54) is 10.8 Å². The number of nitrogens with one attached hydrogen (secondary N) is 1. The number of piperidine rings is 1. The molecule has 1 aliphatic heterocycles. The quantitative estimate of drug-likeness (QED) is 0.888. The molecule has 2 N–H and O–H groups in total. The lowest BCUT2D eigenvalue weighted by Gasteiger charge is -2.30. The number of hydrogen-bond donors (Lipinski definition) is 2. The first-order valence-corrected chi connectivity index (χ1v) is 8.77. The zero-order valence-corrected chi connectivity index (χ0v) is 14.2. The van der Waals surface area contributed by atoms with E-state index in [1.54, 1.807) is 0 Å². The van der Waals surface area contributed by atoms with Crippen LogP contribution in [-0.4, -0.2) is 42.2 Å². The van der Waals surface area contributed by atoms with Crippen LogP contribution in [0.5, 0.6) is 0 Å². The Balaban J connectivity index is 1.60. The molecule has 2 aromatic rings. The van der Waals surface area contributed by atoms with Crippen LogP contribution in [0.3, 0.4) is 0 Å².